The molecule has 0 saturated carbocycles. The molecule has 1 N–H and O–H groups in total. The van der Waals surface area contributed by atoms with E-state index in [9.17, 15) is 13.5 Å². The van der Waals surface area contributed by atoms with E-state index in [1.165, 1.54) is 24.8 Å². The first-order valence-corrected chi connectivity index (χ1v) is 12.1. The van der Waals surface area contributed by atoms with E-state index in [0.717, 1.165) is 32.7 Å². The first kappa shape index (κ1) is 19.4. The van der Waals surface area contributed by atoms with E-state index in [0.29, 0.717) is 24.8 Å². The van der Waals surface area contributed by atoms with E-state index >= 15 is 0 Å². The molecule has 3 heterocycles. The average molecular weight is 393 g/mol. The van der Waals surface area contributed by atoms with Crippen LogP contribution in [0.25, 0.3) is 0 Å². The molecule has 3 saturated heterocycles. The molecule has 5 nitrogen and oxygen atoms in total. The van der Waals surface area contributed by atoms with E-state index < -0.39 is 15.4 Å². The second-order valence-corrected chi connectivity index (χ2v) is 11.4. The molecule has 27 heavy (non-hydrogen) atoms. The molecular weight excluding hydrogens is 360 g/mol. The first-order chi connectivity index (χ1) is 12.9. The van der Waals surface area contributed by atoms with E-state index in [1.54, 1.807) is 0 Å². The molecule has 0 aliphatic carbocycles. The second kappa shape index (κ2) is 7.47. The maximum atomic E-state index is 11.7. The molecule has 1 aromatic rings. The lowest BCUT2D eigenvalue weighted by atomic mass is 9.77. The number of nitrogens with zero attached hydrogens (tertiary/aromatic N) is 2. The number of hydrogen-bond acceptors (Lipinski definition) is 5. The third-order valence-corrected chi connectivity index (χ3v) is 8.61. The number of rotatable bonds is 4. The number of aliphatic hydroxyl groups is 1. The summed E-state index contributed by atoms with van der Waals surface area (Å²) >= 11 is 0. The number of piperidine rings is 1. The minimum Gasteiger partial charge on any atom is -0.388 e. The number of benzene rings is 1. The zero-order valence-electron chi connectivity index (χ0n) is 16.1. The van der Waals surface area contributed by atoms with Gasteiger partial charge in [0.2, 0.25) is 0 Å². The zero-order chi connectivity index (χ0) is 19.0. The van der Waals surface area contributed by atoms with Crippen molar-refractivity contribution in [2.45, 2.75) is 44.2 Å². The van der Waals surface area contributed by atoms with Gasteiger partial charge in [-0.15, -0.1) is 0 Å². The predicted octanol–water partition coefficient (Wildman–Crippen LogP) is 1.91. The Kier molecular flexibility index (Phi) is 5.36. The Morgan fingerprint density at radius 3 is 2.11 bits per heavy atom. The normalized spacial score (nSPS) is 27.7. The molecule has 1 spiro atoms. The van der Waals surface area contributed by atoms with Gasteiger partial charge in [0.05, 0.1) is 17.1 Å². The lowest BCUT2D eigenvalue weighted by Gasteiger charge is -2.40. The van der Waals surface area contributed by atoms with Gasteiger partial charge < -0.3 is 5.11 Å². The van der Waals surface area contributed by atoms with Crippen LogP contribution in [0.3, 0.4) is 0 Å². The molecule has 1 aromatic carbocycles. The molecule has 0 aromatic heterocycles. The van der Waals surface area contributed by atoms with Crippen molar-refractivity contribution in [1.29, 1.82) is 0 Å². The minimum absolute atomic E-state index is 0.136. The summed E-state index contributed by atoms with van der Waals surface area (Å²) in [6.45, 7) is 6.05. The van der Waals surface area contributed by atoms with Crippen LogP contribution in [0.1, 0.15) is 37.7 Å². The van der Waals surface area contributed by atoms with Crippen LogP contribution < -0.4 is 0 Å². The second-order valence-electron chi connectivity index (χ2n) is 9.10. The number of likely N-dealkylation sites (tertiary alicyclic amines) is 2. The fourth-order valence-corrected chi connectivity index (χ4v) is 6.68. The van der Waals surface area contributed by atoms with Crippen molar-refractivity contribution >= 4 is 9.84 Å². The molecule has 3 aliphatic heterocycles. The summed E-state index contributed by atoms with van der Waals surface area (Å²) in [5.41, 5.74) is 0.964. The van der Waals surface area contributed by atoms with Crippen molar-refractivity contribution in [1.82, 2.24) is 9.80 Å². The van der Waals surface area contributed by atoms with Crippen LogP contribution in [0.2, 0.25) is 0 Å². The highest BCUT2D eigenvalue weighted by Crippen LogP contribution is 2.41. The highest BCUT2D eigenvalue weighted by molar-refractivity contribution is 7.91. The van der Waals surface area contributed by atoms with Crippen molar-refractivity contribution < 1.29 is 13.5 Å². The smallest absolute Gasteiger partial charge is 0.150 e. The fraction of sp³-hybridized carbons (Fsp3) is 0.714. The van der Waals surface area contributed by atoms with Gasteiger partial charge in [-0.25, -0.2) is 8.42 Å². The molecule has 0 atom stereocenters. The lowest BCUT2D eigenvalue weighted by Crippen LogP contribution is -2.48. The van der Waals surface area contributed by atoms with Crippen LogP contribution >= 0.6 is 0 Å². The maximum Gasteiger partial charge on any atom is 0.150 e. The standard InChI is InChI=1S/C21H32N2O3S/c24-21(9-14-27(25,26)15-10-21)18-23-13-8-20(17-23)6-11-22(12-7-20)16-19-4-2-1-3-5-19/h1-5,24H,6-18H2. The molecule has 0 amide bonds. The third kappa shape index (κ3) is 4.73. The van der Waals surface area contributed by atoms with E-state index in [-0.39, 0.29) is 11.5 Å². The van der Waals surface area contributed by atoms with Crippen LogP contribution in [0.4, 0.5) is 0 Å². The van der Waals surface area contributed by atoms with E-state index in [2.05, 4.69) is 40.1 Å². The van der Waals surface area contributed by atoms with Crippen LogP contribution in [-0.4, -0.2) is 73.2 Å². The quantitative estimate of drug-likeness (QED) is 0.848. The summed E-state index contributed by atoms with van der Waals surface area (Å²) < 4.78 is 23.3. The van der Waals surface area contributed by atoms with Crippen LogP contribution in [0.15, 0.2) is 30.3 Å². The van der Waals surface area contributed by atoms with Gasteiger partial charge in [-0.1, -0.05) is 30.3 Å². The Hall–Kier alpha value is -0.950. The molecule has 0 bridgehead atoms. The molecule has 3 aliphatic rings. The Bertz CT molecular complexity index is 728. The SMILES string of the molecule is O=S1(=O)CCC(O)(CN2CCC3(CCN(Cc4ccccc4)CC3)C2)CC1. The van der Waals surface area contributed by atoms with Crippen LogP contribution in [-0.2, 0) is 16.4 Å². The highest BCUT2D eigenvalue weighted by atomic mass is 32.2. The number of β-amino-alcohol motifs (C(OH)–C–C–N with tert-alkyl or cyclic N) is 1. The van der Waals surface area contributed by atoms with Gasteiger partial charge in [0.1, 0.15) is 0 Å². The molecule has 4 rings (SSSR count). The summed E-state index contributed by atoms with van der Waals surface area (Å²) in [6, 6.07) is 10.7. The summed E-state index contributed by atoms with van der Waals surface area (Å²) in [6.07, 6.45) is 4.44. The minimum atomic E-state index is -2.93. The van der Waals surface area contributed by atoms with Crippen LogP contribution in [0, 0.1) is 5.41 Å². The van der Waals surface area contributed by atoms with Gasteiger partial charge in [-0.3, -0.25) is 9.80 Å². The van der Waals surface area contributed by atoms with Crippen LogP contribution in [0.5, 0.6) is 0 Å². The Morgan fingerprint density at radius 2 is 1.48 bits per heavy atom. The van der Waals surface area contributed by atoms with Gasteiger partial charge in [0.15, 0.2) is 9.84 Å². The molecule has 6 heteroatoms. The molecule has 3 fully saturated rings. The largest absolute Gasteiger partial charge is 0.388 e. The van der Waals surface area contributed by atoms with Crippen molar-refractivity contribution in [3.05, 3.63) is 35.9 Å². The monoisotopic (exact) mass is 392 g/mol. The van der Waals surface area contributed by atoms with E-state index in [1.807, 2.05) is 0 Å². The Labute approximate surface area is 163 Å². The molecule has 0 unspecified atom stereocenters. The summed E-state index contributed by atoms with van der Waals surface area (Å²) in [5.74, 6) is 0.272. The maximum absolute atomic E-state index is 11.7. The van der Waals surface area contributed by atoms with Crippen molar-refractivity contribution in [3.63, 3.8) is 0 Å². The van der Waals surface area contributed by atoms with Gasteiger partial charge in [-0.2, -0.15) is 0 Å². The predicted molar refractivity (Wildman–Crippen MR) is 107 cm³/mol. The fourth-order valence-electron chi connectivity index (χ4n) is 5.09. The van der Waals surface area contributed by atoms with Gasteiger partial charge >= 0.3 is 0 Å². The number of sulfone groups is 1. The summed E-state index contributed by atoms with van der Waals surface area (Å²) in [5, 5.41) is 10.8. The summed E-state index contributed by atoms with van der Waals surface area (Å²) in [7, 11) is -2.93. The first-order valence-electron chi connectivity index (χ1n) is 10.3. The third-order valence-electron chi connectivity index (χ3n) is 6.96. The molecule has 150 valence electrons. The van der Waals surface area contributed by atoms with Crippen molar-refractivity contribution in [2.24, 2.45) is 5.41 Å². The van der Waals surface area contributed by atoms with Crippen molar-refractivity contribution in [2.75, 3.05) is 44.2 Å². The van der Waals surface area contributed by atoms with Gasteiger partial charge in [0.25, 0.3) is 0 Å². The zero-order valence-corrected chi connectivity index (χ0v) is 17.0. The van der Waals surface area contributed by atoms with Gasteiger partial charge in [-0.05, 0) is 62.7 Å². The van der Waals surface area contributed by atoms with E-state index in [4.69, 9.17) is 0 Å². The van der Waals surface area contributed by atoms with Gasteiger partial charge in [0, 0.05) is 19.6 Å². The average Bonchev–Trinajstić information content (AvgIpc) is 3.03. The molecular formula is C21H32N2O3S. The Balaban J connectivity index is 1.27. The lowest BCUT2D eigenvalue weighted by molar-refractivity contribution is -0.00405. The Morgan fingerprint density at radius 1 is 0.889 bits per heavy atom. The number of hydrogen-bond donors (Lipinski definition) is 1. The summed E-state index contributed by atoms with van der Waals surface area (Å²) in [4.78, 5) is 4.95. The molecule has 0 radical (unpaired) electrons. The highest BCUT2D eigenvalue weighted by Gasteiger charge is 2.44. The topological polar surface area (TPSA) is 60.9 Å². The van der Waals surface area contributed by atoms with Crippen molar-refractivity contribution in [3.8, 4) is 0 Å².